The molecule has 0 bridgehead atoms. The van der Waals surface area contributed by atoms with Crippen molar-refractivity contribution in [1.29, 1.82) is 0 Å². The third-order valence-electron chi connectivity index (χ3n) is 2.06. The lowest BCUT2D eigenvalue weighted by Crippen LogP contribution is -2.15. The first-order valence-electron chi connectivity index (χ1n) is 4.15. The van der Waals surface area contributed by atoms with Crippen molar-refractivity contribution in [2.24, 2.45) is 0 Å². The maximum atomic E-state index is 13.3. The molecule has 0 spiro atoms. The second kappa shape index (κ2) is 3.41. The summed E-state index contributed by atoms with van der Waals surface area (Å²) in [7, 11) is 0. The molecule has 2 aromatic rings. The van der Waals surface area contributed by atoms with Gasteiger partial charge in [-0.25, -0.2) is 13.6 Å². The molecule has 82 valence electrons. The second-order valence-electron chi connectivity index (χ2n) is 3.01. The van der Waals surface area contributed by atoms with Crippen molar-refractivity contribution in [3.05, 3.63) is 35.6 Å². The Hall–Kier alpha value is -2.24. The Labute approximate surface area is 87.1 Å². The fourth-order valence-electron chi connectivity index (χ4n) is 1.38. The molecule has 0 aliphatic heterocycles. The molecule has 1 aromatic heterocycles. The lowest BCUT2D eigenvalue weighted by Gasteiger charge is -2.00. The number of rotatable bonds is 2. The molecule has 0 atom stereocenters. The third kappa shape index (κ3) is 1.35. The minimum atomic E-state index is -1.83. The molecular formula is C10H4F2O4. The lowest BCUT2D eigenvalue weighted by molar-refractivity contribution is -0.131. The Morgan fingerprint density at radius 2 is 1.94 bits per heavy atom. The van der Waals surface area contributed by atoms with E-state index in [0.29, 0.717) is 6.07 Å². The first-order valence-corrected chi connectivity index (χ1v) is 4.15. The molecule has 0 aliphatic carbocycles. The van der Waals surface area contributed by atoms with Gasteiger partial charge in [0.2, 0.25) is 0 Å². The molecule has 0 amide bonds. The van der Waals surface area contributed by atoms with E-state index in [9.17, 15) is 18.4 Å². The predicted molar refractivity (Wildman–Crippen MR) is 48.1 cm³/mol. The number of carbonyl (C=O) groups is 2. The van der Waals surface area contributed by atoms with Gasteiger partial charge in [0.1, 0.15) is 17.2 Å². The van der Waals surface area contributed by atoms with Crippen molar-refractivity contribution < 1.29 is 27.9 Å². The van der Waals surface area contributed by atoms with Gasteiger partial charge in [-0.15, -0.1) is 0 Å². The van der Waals surface area contributed by atoms with E-state index < -0.39 is 34.5 Å². The lowest BCUT2D eigenvalue weighted by atomic mass is 10.1. The predicted octanol–water partition coefficient (Wildman–Crippen LogP) is 1.98. The fourth-order valence-corrected chi connectivity index (χ4v) is 1.38. The Morgan fingerprint density at radius 1 is 1.25 bits per heavy atom. The highest BCUT2D eigenvalue weighted by Gasteiger charge is 2.25. The van der Waals surface area contributed by atoms with Crippen LogP contribution in [-0.2, 0) is 4.79 Å². The van der Waals surface area contributed by atoms with Gasteiger partial charge in [0.25, 0.3) is 5.78 Å². The Bertz CT molecular complexity index is 600. The summed E-state index contributed by atoms with van der Waals surface area (Å²) in [5, 5.41) is 8.34. The molecule has 1 aromatic carbocycles. The highest BCUT2D eigenvalue weighted by molar-refractivity contribution is 6.42. The number of aliphatic carboxylic acids is 1. The number of furan rings is 1. The van der Waals surface area contributed by atoms with Crippen LogP contribution in [0.25, 0.3) is 11.0 Å². The van der Waals surface area contributed by atoms with Gasteiger partial charge >= 0.3 is 5.97 Å². The van der Waals surface area contributed by atoms with Crippen LogP contribution in [0.1, 0.15) is 10.4 Å². The maximum absolute atomic E-state index is 13.3. The van der Waals surface area contributed by atoms with Gasteiger partial charge in [0.15, 0.2) is 5.58 Å². The SMILES string of the molecule is O=C(O)C(=O)c1c(F)cc(F)c2ccoc12. The van der Waals surface area contributed by atoms with E-state index in [0.717, 1.165) is 6.26 Å². The number of fused-ring (bicyclic) bond motifs is 1. The number of hydrogen-bond acceptors (Lipinski definition) is 3. The van der Waals surface area contributed by atoms with Crippen molar-refractivity contribution in [3.8, 4) is 0 Å². The number of Topliss-reactive ketones (excluding diaryl/α,β-unsaturated/α-hetero) is 1. The molecule has 0 saturated carbocycles. The molecule has 2 rings (SSSR count). The number of carbonyl (C=O) groups excluding carboxylic acids is 1. The highest BCUT2D eigenvalue weighted by Crippen LogP contribution is 2.26. The van der Waals surface area contributed by atoms with Gasteiger partial charge in [-0.3, -0.25) is 4.79 Å². The normalized spacial score (nSPS) is 10.6. The highest BCUT2D eigenvalue weighted by atomic mass is 19.1. The van der Waals surface area contributed by atoms with Crippen LogP contribution in [0.4, 0.5) is 8.78 Å². The minimum Gasteiger partial charge on any atom is -0.475 e. The van der Waals surface area contributed by atoms with E-state index in [-0.39, 0.29) is 5.39 Å². The van der Waals surface area contributed by atoms with Crippen LogP contribution in [0.3, 0.4) is 0 Å². The van der Waals surface area contributed by atoms with Crippen molar-refractivity contribution in [2.75, 3.05) is 0 Å². The van der Waals surface area contributed by atoms with Gasteiger partial charge < -0.3 is 9.52 Å². The van der Waals surface area contributed by atoms with Gasteiger partial charge in [0.05, 0.1) is 11.6 Å². The van der Waals surface area contributed by atoms with E-state index >= 15 is 0 Å². The molecule has 6 heteroatoms. The summed E-state index contributed by atoms with van der Waals surface area (Å²) in [5.41, 5.74) is -1.17. The van der Waals surface area contributed by atoms with Crippen LogP contribution in [0, 0.1) is 11.6 Å². The standard InChI is InChI=1S/C10H4F2O4/c11-5-3-6(12)7(8(13)10(14)15)9-4(5)1-2-16-9/h1-3H,(H,14,15). The van der Waals surface area contributed by atoms with E-state index in [1.165, 1.54) is 6.07 Å². The average Bonchev–Trinajstić information content (AvgIpc) is 2.66. The summed E-state index contributed by atoms with van der Waals surface area (Å²) < 4.78 is 31.2. The van der Waals surface area contributed by atoms with Crippen molar-refractivity contribution in [2.45, 2.75) is 0 Å². The molecule has 0 radical (unpaired) electrons. The average molecular weight is 226 g/mol. The quantitative estimate of drug-likeness (QED) is 0.628. The Kier molecular flexibility index (Phi) is 2.19. The van der Waals surface area contributed by atoms with Crippen LogP contribution < -0.4 is 0 Å². The first kappa shape index (κ1) is 10.3. The summed E-state index contributed by atoms with van der Waals surface area (Å²) in [6, 6.07) is 1.64. The second-order valence-corrected chi connectivity index (χ2v) is 3.01. The Morgan fingerprint density at radius 3 is 2.56 bits per heavy atom. The molecule has 1 heterocycles. The number of benzene rings is 1. The van der Waals surface area contributed by atoms with Crippen LogP contribution >= 0.6 is 0 Å². The largest absolute Gasteiger partial charge is 0.475 e. The summed E-state index contributed by atoms with van der Waals surface area (Å²) in [4.78, 5) is 21.6. The Balaban J connectivity index is 2.83. The molecule has 0 aliphatic rings. The minimum absolute atomic E-state index is 0.133. The molecule has 0 saturated heterocycles. The van der Waals surface area contributed by atoms with Crippen LogP contribution in [0.5, 0.6) is 0 Å². The number of carboxylic acids is 1. The number of ketones is 1. The zero-order valence-electron chi connectivity index (χ0n) is 7.66. The van der Waals surface area contributed by atoms with Crippen molar-refractivity contribution in [3.63, 3.8) is 0 Å². The van der Waals surface area contributed by atoms with Crippen LogP contribution in [0.2, 0.25) is 0 Å². The van der Waals surface area contributed by atoms with Gasteiger partial charge in [0, 0.05) is 6.07 Å². The fraction of sp³-hybridized carbons (Fsp3) is 0. The monoisotopic (exact) mass is 226 g/mol. The number of hydrogen-bond donors (Lipinski definition) is 1. The topological polar surface area (TPSA) is 67.5 Å². The molecule has 4 nitrogen and oxygen atoms in total. The van der Waals surface area contributed by atoms with Gasteiger partial charge in [-0.05, 0) is 6.07 Å². The summed E-state index contributed by atoms with van der Waals surface area (Å²) in [5.74, 6) is -5.48. The van der Waals surface area contributed by atoms with Crippen LogP contribution in [0.15, 0.2) is 22.8 Å². The van der Waals surface area contributed by atoms with Crippen molar-refractivity contribution in [1.82, 2.24) is 0 Å². The van der Waals surface area contributed by atoms with E-state index in [4.69, 9.17) is 9.52 Å². The number of halogens is 2. The number of carboxylic acid groups (broad SMARTS) is 1. The summed E-state index contributed by atoms with van der Waals surface area (Å²) in [6.45, 7) is 0. The molecule has 0 fully saturated rings. The van der Waals surface area contributed by atoms with Crippen LogP contribution in [-0.4, -0.2) is 16.9 Å². The molecule has 1 N–H and O–H groups in total. The third-order valence-corrected chi connectivity index (χ3v) is 2.06. The van der Waals surface area contributed by atoms with Gasteiger partial charge in [-0.2, -0.15) is 0 Å². The maximum Gasteiger partial charge on any atom is 0.377 e. The first-order chi connectivity index (χ1) is 7.52. The van der Waals surface area contributed by atoms with E-state index in [1.54, 1.807) is 0 Å². The van der Waals surface area contributed by atoms with E-state index in [2.05, 4.69) is 0 Å². The van der Waals surface area contributed by atoms with Crippen molar-refractivity contribution >= 4 is 22.7 Å². The van der Waals surface area contributed by atoms with Gasteiger partial charge in [-0.1, -0.05) is 0 Å². The zero-order chi connectivity index (χ0) is 11.9. The molecule has 16 heavy (non-hydrogen) atoms. The van der Waals surface area contributed by atoms with E-state index in [1.807, 2.05) is 0 Å². The summed E-state index contributed by atoms with van der Waals surface area (Å²) >= 11 is 0. The molecular weight excluding hydrogens is 222 g/mol. The smallest absolute Gasteiger partial charge is 0.377 e. The summed E-state index contributed by atoms with van der Waals surface area (Å²) in [6.07, 6.45) is 1.05. The molecule has 0 unspecified atom stereocenters. The zero-order valence-corrected chi connectivity index (χ0v) is 7.66.